The standard InChI is InChI=1S/C17H17N3/c1-2-14-8-10-15(11-9-14)12-16-13-20(19-18-16)17-6-4-3-5-7-17/h3-11,13H,2,12H2,1H3. The molecule has 0 amide bonds. The van der Waals surface area contributed by atoms with Gasteiger partial charge in [-0.3, -0.25) is 0 Å². The summed E-state index contributed by atoms with van der Waals surface area (Å²) in [4.78, 5) is 0. The third-order valence-electron chi connectivity index (χ3n) is 3.38. The molecule has 0 aliphatic rings. The fraction of sp³-hybridized carbons (Fsp3) is 0.176. The van der Waals surface area contributed by atoms with Gasteiger partial charge in [-0.1, -0.05) is 54.6 Å². The molecule has 3 aromatic rings. The van der Waals surface area contributed by atoms with Crippen LogP contribution in [-0.4, -0.2) is 15.0 Å². The molecule has 1 heterocycles. The van der Waals surface area contributed by atoms with Gasteiger partial charge < -0.3 is 0 Å². The van der Waals surface area contributed by atoms with Crippen molar-refractivity contribution in [1.29, 1.82) is 0 Å². The van der Waals surface area contributed by atoms with Crippen molar-refractivity contribution in [2.75, 3.05) is 0 Å². The van der Waals surface area contributed by atoms with E-state index in [1.165, 1.54) is 11.1 Å². The second-order valence-corrected chi connectivity index (χ2v) is 4.84. The Morgan fingerprint density at radius 3 is 2.30 bits per heavy atom. The third-order valence-corrected chi connectivity index (χ3v) is 3.38. The van der Waals surface area contributed by atoms with Crippen molar-refractivity contribution in [3.05, 3.63) is 77.6 Å². The van der Waals surface area contributed by atoms with Crippen LogP contribution < -0.4 is 0 Å². The summed E-state index contributed by atoms with van der Waals surface area (Å²) in [5.74, 6) is 0. The van der Waals surface area contributed by atoms with Crippen LogP contribution in [0, 0.1) is 0 Å². The van der Waals surface area contributed by atoms with Crippen molar-refractivity contribution in [3.63, 3.8) is 0 Å². The van der Waals surface area contributed by atoms with E-state index >= 15 is 0 Å². The average molecular weight is 263 g/mol. The molecule has 0 radical (unpaired) electrons. The molecule has 0 bridgehead atoms. The Morgan fingerprint density at radius 2 is 1.60 bits per heavy atom. The molecule has 0 unspecified atom stereocenters. The van der Waals surface area contributed by atoms with Gasteiger partial charge in [0.1, 0.15) is 0 Å². The van der Waals surface area contributed by atoms with Gasteiger partial charge in [0.2, 0.25) is 0 Å². The Hall–Kier alpha value is -2.42. The number of hydrogen-bond donors (Lipinski definition) is 0. The lowest BCUT2D eigenvalue weighted by molar-refractivity contribution is 0.799. The molecular weight excluding hydrogens is 246 g/mol. The quantitative estimate of drug-likeness (QED) is 0.722. The van der Waals surface area contributed by atoms with E-state index in [1.54, 1.807) is 0 Å². The predicted octanol–water partition coefficient (Wildman–Crippen LogP) is 3.42. The second kappa shape index (κ2) is 5.70. The first-order valence-electron chi connectivity index (χ1n) is 6.89. The van der Waals surface area contributed by atoms with E-state index in [0.29, 0.717) is 0 Å². The van der Waals surface area contributed by atoms with E-state index in [9.17, 15) is 0 Å². The predicted molar refractivity (Wildman–Crippen MR) is 80.0 cm³/mol. The largest absolute Gasteiger partial charge is 0.220 e. The maximum atomic E-state index is 4.24. The number of aryl methyl sites for hydroxylation is 1. The molecule has 20 heavy (non-hydrogen) atoms. The zero-order valence-corrected chi connectivity index (χ0v) is 11.5. The summed E-state index contributed by atoms with van der Waals surface area (Å²) >= 11 is 0. The summed E-state index contributed by atoms with van der Waals surface area (Å²) in [5.41, 5.74) is 4.65. The topological polar surface area (TPSA) is 30.7 Å². The van der Waals surface area contributed by atoms with Crippen LogP contribution >= 0.6 is 0 Å². The molecule has 3 heteroatoms. The summed E-state index contributed by atoms with van der Waals surface area (Å²) in [6.45, 7) is 2.17. The second-order valence-electron chi connectivity index (χ2n) is 4.84. The SMILES string of the molecule is CCc1ccc(Cc2cn(-c3ccccc3)nn2)cc1. The molecule has 0 N–H and O–H groups in total. The van der Waals surface area contributed by atoms with Crippen LogP contribution in [0.3, 0.4) is 0 Å². The van der Waals surface area contributed by atoms with Gasteiger partial charge in [-0.2, -0.15) is 0 Å². The van der Waals surface area contributed by atoms with Gasteiger partial charge in [-0.15, -0.1) is 5.10 Å². The maximum absolute atomic E-state index is 4.24. The first-order chi connectivity index (χ1) is 9.85. The van der Waals surface area contributed by atoms with Crippen LogP contribution in [0.4, 0.5) is 0 Å². The molecule has 100 valence electrons. The van der Waals surface area contributed by atoms with Gasteiger partial charge >= 0.3 is 0 Å². The van der Waals surface area contributed by atoms with Crippen LogP contribution in [-0.2, 0) is 12.8 Å². The number of rotatable bonds is 4. The minimum atomic E-state index is 0.816. The van der Waals surface area contributed by atoms with Crippen molar-refractivity contribution in [2.45, 2.75) is 19.8 Å². The van der Waals surface area contributed by atoms with Crippen LogP contribution in [0.15, 0.2) is 60.8 Å². The number of hydrogen-bond acceptors (Lipinski definition) is 2. The zero-order chi connectivity index (χ0) is 13.8. The van der Waals surface area contributed by atoms with E-state index in [4.69, 9.17) is 0 Å². The van der Waals surface area contributed by atoms with Gasteiger partial charge in [0.05, 0.1) is 17.6 Å². The lowest BCUT2D eigenvalue weighted by atomic mass is 10.1. The van der Waals surface area contributed by atoms with Crippen molar-refractivity contribution in [1.82, 2.24) is 15.0 Å². The highest BCUT2D eigenvalue weighted by Crippen LogP contribution is 2.11. The van der Waals surface area contributed by atoms with Crippen molar-refractivity contribution in [2.24, 2.45) is 0 Å². The summed E-state index contributed by atoms with van der Waals surface area (Å²) in [5, 5.41) is 8.43. The van der Waals surface area contributed by atoms with E-state index in [1.807, 2.05) is 41.2 Å². The molecule has 0 saturated heterocycles. The molecule has 3 rings (SSSR count). The van der Waals surface area contributed by atoms with E-state index in [-0.39, 0.29) is 0 Å². The fourth-order valence-electron chi connectivity index (χ4n) is 2.19. The Morgan fingerprint density at radius 1 is 0.900 bits per heavy atom. The number of nitrogens with zero attached hydrogens (tertiary/aromatic N) is 3. The number of aromatic nitrogens is 3. The first-order valence-corrected chi connectivity index (χ1v) is 6.89. The number of benzene rings is 2. The molecule has 0 saturated carbocycles. The van der Waals surface area contributed by atoms with Gasteiger partial charge in [0.25, 0.3) is 0 Å². The summed E-state index contributed by atoms with van der Waals surface area (Å²) in [7, 11) is 0. The van der Waals surface area contributed by atoms with Crippen LogP contribution in [0.5, 0.6) is 0 Å². The van der Waals surface area contributed by atoms with Gasteiger partial charge in [-0.25, -0.2) is 4.68 Å². The van der Waals surface area contributed by atoms with E-state index in [2.05, 4.69) is 41.5 Å². The Labute approximate surface area is 118 Å². The molecule has 0 aliphatic heterocycles. The average Bonchev–Trinajstić information content (AvgIpc) is 2.97. The normalized spacial score (nSPS) is 10.7. The summed E-state index contributed by atoms with van der Waals surface area (Å²) in [6, 6.07) is 18.7. The molecule has 0 fully saturated rings. The van der Waals surface area contributed by atoms with Crippen LogP contribution in [0.1, 0.15) is 23.7 Å². The Balaban J connectivity index is 1.77. The van der Waals surface area contributed by atoms with Gasteiger partial charge in [0.15, 0.2) is 0 Å². The highest BCUT2D eigenvalue weighted by Gasteiger charge is 2.03. The zero-order valence-electron chi connectivity index (χ0n) is 11.5. The molecule has 2 aromatic carbocycles. The molecule has 1 aromatic heterocycles. The molecule has 0 aliphatic carbocycles. The van der Waals surface area contributed by atoms with Crippen molar-refractivity contribution >= 4 is 0 Å². The van der Waals surface area contributed by atoms with Crippen molar-refractivity contribution in [3.8, 4) is 5.69 Å². The smallest absolute Gasteiger partial charge is 0.0875 e. The monoisotopic (exact) mass is 263 g/mol. The van der Waals surface area contributed by atoms with Crippen molar-refractivity contribution < 1.29 is 0 Å². The third kappa shape index (κ3) is 2.77. The molecule has 0 atom stereocenters. The number of para-hydroxylation sites is 1. The van der Waals surface area contributed by atoms with E-state index < -0.39 is 0 Å². The summed E-state index contributed by atoms with van der Waals surface area (Å²) in [6.07, 6.45) is 3.88. The molecular formula is C17H17N3. The maximum Gasteiger partial charge on any atom is 0.0875 e. The highest BCUT2D eigenvalue weighted by molar-refractivity contribution is 5.31. The minimum Gasteiger partial charge on any atom is -0.220 e. The Bertz CT molecular complexity index is 669. The van der Waals surface area contributed by atoms with Crippen LogP contribution in [0.2, 0.25) is 0 Å². The highest BCUT2D eigenvalue weighted by atomic mass is 15.4. The van der Waals surface area contributed by atoms with Gasteiger partial charge in [0, 0.05) is 6.42 Å². The lowest BCUT2D eigenvalue weighted by Crippen LogP contribution is -1.93. The summed E-state index contributed by atoms with van der Waals surface area (Å²) < 4.78 is 1.82. The Kier molecular flexibility index (Phi) is 3.59. The van der Waals surface area contributed by atoms with Crippen LogP contribution in [0.25, 0.3) is 5.69 Å². The van der Waals surface area contributed by atoms with E-state index in [0.717, 1.165) is 24.2 Å². The van der Waals surface area contributed by atoms with Gasteiger partial charge in [-0.05, 0) is 29.7 Å². The minimum absolute atomic E-state index is 0.816. The lowest BCUT2D eigenvalue weighted by Gasteiger charge is -2.00. The molecule has 0 spiro atoms. The first kappa shape index (κ1) is 12.6. The molecule has 3 nitrogen and oxygen atoms in total. The fourth-order valence-corrected chi connectivity index (χ4v) is 2.19.